The second kappa shape index (κ2) is 9.51. The largest absolute Gasteiger partial charge is 0.349 e. The molecule has 134 valence electrons. The summed E-state index contributed by atoms with van der Waals surface area (Å²) in [7, 11) is 0. The molecule has 0 fully saturated rings. The zero-order valence-electron chi connectivity index (χ0n) is 14.7. The fourth-order valence-electron chi connectivity index (χ4n) is 2.74. The van der Waals surface area contributed by atoms with Crippen molar-refractivity contribution >= 4 is 40.9 Å². The Kier molecular flexibility index (Phi) is 7.67. The van der Waals surface area contributed by atoms with Crippen molar-refractivity contribution in [3.8, 4) is 0 Å². The van der Waals surface area contributed by atoms with Crippen molar-refractivity contribution in [1.82, 2.24) is 5.32 Å². The predicted octanol–water partition coefficient (Wildman–Crippen LogP) is 6.11. The Hall–Kier alpha value is -1.16. The summed E-state index contributed by atoms with van der Waals surface area (Å²) in [6.45, 7) is 6.26. The molecule has 1 N–H and O–H groups in total. The molecule has 0 spiro atoms. The van der Waals surface area contributed by atoms with E-state index in [1.165, 1.54) is 16.7 Å². The van der Waals surface area contributed by atoms with Crippen LogP contribution in [0.5, 0.6) is 0 Å². The van der Waals surface area contributed by atoms with Crippen LogP contribution in [-0.4, -0.2) is 11.7 Å². The van der Waals surface area contributed by atoms with Crippen LogP contribution < -0.4 is 5.32 Å². The number of thioether (sulfide) groups is 1. The normalized spacial score (nSPS) is 12.0. The molecule has 1 atom stereocenters. The smallest absolute Gasteiger partial charge is 0.230 e. The zero-order valence-corrected chi connectivity index (χ0v) is 17.1. The predicted molar refractivity (Wildman–Crippen MR) is 110 cm³/mol. The average molecular weight is 396 g/mol. The summed E-state index contributed by atoms with van der Waals surface area (Å²) in [6.07, 6.45) is 0.864. The van der Waals surface area contributed by atoms with Gasteiger partial charge in [-0.25, -0.2) is 0 Å². The van der Waals surface area contributed by atoms with Crippen molar-refractivity contribution in [2.75, 3.05) is 5.75 Å². The van der Waals surface area contributed by atoms with Crippen LogP contribution in [-0.2, 0) is 10.5 Å². The Balaban J connectivity index is 1.89. The number of carbonyl (C=O) groups is 1. The van der Waals surface area contributed by atoms with Gasteiger partial charge in [0, 0.05) is 15.8 Å². The van der Waals surface area contributed by atoms with Gasteiger partial charge in [0.15, 0.2) is 0 Å². The van der Waals surface area contributed by atoms with Crippen LogP contribution in [0.3, 0.4) is 0 Å². The standard InChI is InChI=1S/C20H23Cl2NOS/c1-4-19(17-8-5-13(2)9-14(17)3)23-20(24)12-25-11-15-6-7-16(21)10-18(15)22/h5-10,19H,4,11-12H2,1-3H3,(H,23,24)/t19-/m1/s1. The maximum atomic E-state index is 12.3. The van der Waals surface area contributed by atoms with E-state index < -0.39 is 0 Å². The third-order valence-electron chi connectivity index (χ3n) is 4.05. The lowest BCUT2D eigenvalue weighted by molar-refractivity contribution is -0.119. The maximum absolute atomic E-state index is 12.3. The van der Waals surface area contributed by atoms with Crippen molar-refractivity contribution in [3.05, 3.63) is 68.7 Å². The van der Waals surface area contributed by atoms with Gasteiger partial charge in [-0.15, -0.1) is 11.8 Å². The number of carbonyl (C=O) groups excluding carboxylic acids is 1. The summed E-state index contributed by atoms with van der Waals surface area (Å²) in [5.41, 5.74) is 4.63. The van der Waals surface area contributed by atoms with Crippen molar-refractivity contribution < 1.29 is 4.79 Å². The first-order valence-electron chi connectivity index (χ1n) is 8.29. The van der Waals surface area contributed by atoms with E-state index in [4.69, 9.17) is 23.2 Å². The minimum Gasteiger partial charge on any atom is -0.349 e. The first-order valence-corrected chi connectivity index (χ1v) is 10.2. The molecule has 0 radical (unpaired) electrons. The Morgan fingerprint density at radius 2 is 1.92 bits per heavy atom. The van der Waals surface area contributed by atoms with Gasteiger partial charge < -0.3 is 5.32 Å². The van der Waals surface area contributed by atoms with E-state index in [0.29, 0.717) is 21.6 Å². The van der Waals surface area contributed by atoms with E-state index in [1.54, 1.807) is 17.8 Å². The number of hydrogen-bond acceptors (Lipinski definition) is 2. The van der Waals surface area contributed by atoms with Gasteiger partial charge in [0.05, 0.1) is 11.8 Å². The number of nitrogens with one attached hydrogen (secondary N) is 1. The number of benzene rings is 2. The molecule has 0 aromatic heterocycles. The van der Waals surface area contributed by atoms with Gasteiger partial charge in [0.2, 0.25) is 5.91 Å². The van der Waals surface area contributed by atoms with Crippen molar-refractivity contribution in [2.24, 2.45) is 0 Å². The monoisotopic (exact) mass is 395 g/mol. The van der Waals surface area contributed by atoms with Crippen LogP contribution in [0.15, 0.2) is 36.4 Å². The second-order valence-corrected chi connectivity index (χ2v) is 7.95. The molecule has 0 heterocycles. The highest BCUT2D eigenvalue weighted by Gasteiger charge is 2.15. The number of hydrogen-bond donors (Lipinski definition) is 1. The van der Waals surface area contributed by atoms with Gasteiger partial charge in [-0.1, -0.05) is 60.0 Å². The molecule has 2 aromatic rings. The Morgan fingerprint density at radius 1 is 1.16 bits per heavy atom. The molecule has 2 rings (SSSR count). The topological polar surface area (TPSA) is 29.1 Å². The molecule has 0 aliphatic rings. The van der Waals surface area contributed by atoms with Gasteiger partial charge in [-0.05, 0) is 49.1 Å². The Bertz CT molecular complexity index is 748. The lowest BCUT2D eigenvalue weighted by Crippen LogP contribution is -2.30. The molecular weight excluding hydrogens is 373 g/mol. The van der Waals surface area contributed by atoms with Crippen molar-refractivity contribution in [3.63, 3.8) is 0 Å². The lowest BCUT2D eigenvalue weighted by Gasteiger charge is -2.20. The van der Waals surface area contributed by atoms with Crippen LogP contribution >= 0.6 is 35.0 Å². The molecule has 5 heteroatoms. The Labute approximate surface area is 164 Å². The average Bonchev–Trinajstić information content (AvgIpc) is 2.55. The molecule has 0 aliphatic heterocycles. The van der Waals surface area contributed by atoms with Crippen LogP contribution in [0.2, 0.25) is 10.0 Å². The van der Waals surface area contributed by atoms with E-state index in [9.17, 15) is 4.79 Å². The third kappa shape index (κ3) is 5.95. The highest BCUT2D eigenvalue weighted by molar-refractivity contribution is 7.99. The van der Waals surface area contributed by atoms with Crippen LogP contribution in [0.25, 0.3) is 0 Å². The van der Waals surface area contributed by atoms with E-state index >= 15 is 0 Å². The fourth-order valence-corrected chi connectivity index (χ4v) is 4.14. The molecule has 0 unspecified atom stereocenters. The molecule has 2 nitrogen and oxygen atoms in total. The van der Waals surface area contributed by atoms with E-state index in [2.05, 4.69) is 44.3 Å². The first-order chi connectivity index (χ1) is 11.9. The summed E-state index contributed by atoms with van der Waals surface area (Å²) >= 11 is 13.6. The molecule has 0 aliphatic carbocycles. The third-order valence-corrected chi connectivity index (χ3v) is 5.62. The number of halogens is 2. The van der Waals surface area contributed by atoms with E-state index in [1.807, 2.05) is 12.1 Å². The minimum absolute atomic E-state index is 0.0434. The van der Waals surface area contributed by atoms with Crippen LogP contribution in [0.1, 0.15) is 41.6 Å². The molecule has 25 heavy (non-hydrogen) atoms. The van der Waals surface area contributed by atoms with Gasteiger partial charge in [-0.3, -0.25) is 4.79 Å². The molecule has 2 aromatic carbocycles. The number of rotatable bonds is 7. The van der Waals surface area contributed by atoms with E-state index in [0.717, 1.165) is 12.0 Å². The quantitative estimate of drug-likeness (QED) is 0.612. The summed E-state index contributed by atoms with van der Waals surface area (Å²) in [4.78, 5) is 12.3. The van der Waals surface area contributed by atoms with Gasteiger partial charge in [0.1, 0.15) is 0 Å². The minimum atomic E-state index is 0.0434. The SMILES string of the molecule is CC[C@@H](NC(=O)CSCc1ccc(Cl)cc1Cl)c1ccc(C)cc1C. The molecule has 0 bridgehead atoms. The summed E-state index contributed by atoms with van der Waals surface area (Å²) < 4.78 is 0. The Morgan fingerprint density at radius 3 is 2.56 bits per heavy atom. The highest BCUT2D eigenvalue weighted by atomic mass is 35.5. The van der Waals surface area contributed by atoms with Crippen LogP contribution in [0, 0.1) is 13.8 Å². The van der Waals surface area contributed by atoms with E-state index in [-0.39, 0.29) is 11.9 Å². The summed E-state index contributed by atoms with van der Waals surface area (Å²) in [6, 6.07) is 11.9. The molecule has 0 saturated heterocycles. The molecular formula is C20H23Cl2NOS. The first kappa shape index (κ1) is 20.2. The highest BCUT2D eigenvalue weighted by Crippen LogP contribution is 2.25. The lowest BCUT2D eigenvalue weighted by atomic mass is 9.97. The molecule has 1 amide bonds. The number of amides is 1. The fraction of sp³-hybridized carbons (Fsp3) is 0.350. The van der Waals surface area contributed by atoms with Gasteiger partial charge in [0.25, 0.3) is 0 Å². The molecule has 0 saturated carbocycles. The van der Waals surface area contributed by atoms with Crippen molar-refractivity contribution in [1.29, 1.82) is 0 Å². The number of aryl methyl sites for hydroxylation is 2. The second-order valence-electron chi connectivity index (χ2n) is 6.12. The zero-order chi connectivity index (χ0) is 18.4. The summed E-state index contributed by atoms with van der Waals surface area (Å²) in [5, 5.41) is 4.40. The maximum Gasteiger partial charge on any atom is 0.230 e. The van der Waals surface area contributed by atoms with Gasteiger partial charge in [-0.2, -0.15) is 0 Å². The van der Waals surface area contributed by atoms with Gasteiger partial charge >= 0.3 is 0 Å². The summed E-state index contributed by atoms with van der Waals surface area (Å²) in [5.74, 6) is 1.13. The van der Waals surface area contributed by atoms with Crippen molar-refractivity contribution in [2.45, 2.75) is 39.0 Å². The van der Waals surface area contributed by atoms with Crippen LogP contribution in [0.4, 0.5) is 0 Å².